The van der Waals surface area contributed by atoms with E-state index in [2.05, 4.69) is 6.92 Å². The van der Waals surface area contributed by atoms with Gasteiger partial charge in [0, 0.05) is 24.2 Å². The molecule has 2 N–H and O–H groups in total. The van der Waals surface area contributed by atoms with Crippen LogP contribution in [-0.4, -0.2) is 58.1 Å². The molecule has 4 rings (SSSR count). The Balaban J connectivity index is 1.82. The van der Waals surface area contributed by atoms with Crippen molar-refractivity contribution in [3.8, 4) is 0 Å². The van der Waals surface area contributed by atoms with Gasteiger partial charge < -0.3 is 19.7 Å². The number of fused-ring (bicyclic) bond motifs is 5. The summed E-state index contributed by atoms with van der Waals surface area (Å²) in [5, 5.41) is 19.8. The fourth-order valence-corrected chi connectivity index (χ4v) is 8.07. The minimum absolute atomic E-state index is 0.0187. The number of carbonyl (C=O) groups excluding carboxylic acids is 4. The van der Waals surface area contributed by atoms with Crippen LogP contribution < -0.4 is 0 Å². The summed E-state index contributed by atoms with van der Waals surface area (Å²) >= 11 is 0. The molecule has 0 radical (unpaired) electrons. The van der Waals surface area contributed by atoms with Gasteiger partial charge in [-0.1, -0.05) is 26.3 Å². The molecule has 0 amide bonds. The average molecular weight is 491 g/mol. The number of aliphatic hydroxyl groups excluding tert-OH is 2. The van der Waals surface area contributed by atoms with Crippen LogP contribution in [0.3, 0.4) is 0 Å². The molecule has 0 saturated heterocycles. The third kappa shape index (κ3) is 3.88. The largest absolute Gasteiger partial charge is 0.460 e. The van der Waals surface area contributed by atoms with E-state index in [0.717, 1.165) is 18.4 Å². The minimum Gasteiger partial charge on any atom is -0.460 e. The molecule has 8 heteroatoms. The number of ether oxygens (including phenoxy) is 2. The summed E-state index contributed by atoms with van der Waals surface area (Å²) < 4.78 is 11.9. The summed E-state index contributed by atoms with van der Waals surface area (Å²) in [6.45, 7) is 6.36. The van der Waals surface area contributed by atoms with Gasteiger partial charge in [0.2, 0.25) is 5.78 Å². The van der Waals surface area contributed by atoms with Gasteiger partial charge in [-0.15, -0.1) is 0 Å². The Hall–Kier alpha value is -2.06. The Morgan fingerprint density at radius 2 is 1.89 bits per heavy atom. The molecule has 0 aliphatic heterocycles. The Labute approximate surface area is 206 Å². The second kappa shape index (κ2) is 9.11. The summed E-state index contributed by atoms with van der Waals surface area (Å²) in [6.07, 6.45) is 3.81. The van der Waals surface area contributed by atoms with Crippen LogP contribution in [0.5, 0.6) is 0 Å². The molecule has 0 aromatic carbocycles. The molecular formula is C27H38O8. The van der Waals surface area contributed by atoms with Crippen molar-refractivity contribution in [3.05, 3.63) is 11.6 Å². The number of ketones is 2. The van der Waals surface area contributed by atoms with Crippen LogP contribution in [0.4, 0.5) is 0 Å². The van der Waals surface area contributed by atoms with Gasteiger partial charge in [-0.3, -0.25) is 14.4 Å². The third-order valence-corrected chi connectivity index (χ3v) is 9.77. The Bertz CT molecular complexity index is 953. The fourth-order valence-electron chi connectivity index (χ4n) is 8.07. The average Bonchev–Trinajstić information content (AvgIpc) is 3.10. The number of allylic oxidation sites excluding steroid dienone is 1. The van der Waals surface area contributed by atoms with E-state index in [-0.39, 0.29) is 41.8 Å². The van der Waals surface area contributed by atoms with Gasteiger partial charge in [-0.05, 0) is 68.8 Å². The summed E-state index contributed by atoms with van der Waals surface area (Å²) in [5.74, 6) is -1.62. The van der Waals surface area contributed by atoms with Gasteiger partial charge >= 0.3 is 11.9 Å². The third-order valence-electron chi connectivity index (χ3n) is 9.77. The Kier molecular flexibility index (Phi) is 6.77. The highest BCUT2D eigenvalue weighted by Crippen LogP contribution is 2.68. The summed E-state index contributed by atoms with van der Waals surface area (Å²) in [7, 11) is 0. The monoisotopic (exact) mass is 490 g/mol. The maximum absolute atomic E-state index is 13.3. The molecule has 4 aliphatic rings. The molecule has 4 aliphatic carbocycles. The quantitative estimate of drug-likeness (QED) is 0.544. The van der Waals surface area contributed by atoms with E-state index in [4.69, 9.17) is 9.47 Å². The fraction of sp³-hybridized carbons (Fsp3) is 0.778. The van der Waals surface area contributed by atoms with Crippen LogP contribution in [0.1, 0.15) is 79.1 Å². The number of esters is 2. The van der Waals surface area contributed by atoms with Gasteiger partial charge in [-0.25, -0.2) is 4.79 Å². The summed E-state index contributed by atoms with van der Waals surface area (Å²) in [6, 6.07) is 0. The first-order valence-electron chi connectivity index (χ1n) is 12.9. The van der Waals surface area contributed by atoms with E-state index >= 15 is 0 Å². The second-order valence-electron chi connectivity index (χ2n) is 11.4. The normalized spacial score (nSPS) is 41.1. The maximum atomic E-state index is 13.3. The van der Waals surface area contributed by atoms with Gasteiger partial charge in [-0.2, -0.15) is 0 Å². The number of rotatable bonds is 6. The highest BCUT2D eigenvalue weighted by molar-refractivity contribution is 5.92. The summed E-state index contributed by atoms with van der Waals surface area (Å²) in [4.78, 5) is 50.6. The number of carbonyl (C=O) groups is 4. The first-order chi connectivity index (χ1) is 16.4. The second-order valence-corrected chi connectivity index (χ2v) is 11.4. The first-order valence-corrected chi connectivity index (χ1v) is 12.9. The molecule has 0 heterocycles. The molecule has 3 fully saturated rings. The van der Waals surface area contributed by atoms with Crippen LogP contribution >= 0.6 is 0 Å². The zero-order valence-electron chi connectivity index (χ0n) is 21.2. The predicted octanol–water partition coefficient (Wildman–Crippen LogP) is 2.67. The lowest BCUT2D eigenvalue weighted by atomic mass is 9.45. The molecule has 1 unspecified atom stereocenters. The molecule has 8 nitrogen and oxygen atoms in total. The number of hydrogen-bond donors (Lipinski definition) is 2. The zero-order chi connectivity index (χ0) is 25.8. The van der Waals surface area contributed by atoms with Crippen LogP contribution in [-0.2, 0) is 28.7 Å². The van der Waals surface area contributed by atoms with Gasteiger partial charge in [0.05, 0.1) is 0 Å². The highest BCUT2D eigenvalue weighted by atomic mass is 16.6. The van der Waals surface area contributed by atoms with E-state index in [1.165, 1.54) is 6.92 Å². The van der Waals surface area contributed by atoms with Crippen molar-refractivity contribution >= 4 is 23.5 Å². The van der Waals surface area contributed by atoms with Crippen LogP contribution in [0.25, 0.3) is 0 Å². The number of aliphatic hydroxyl groups is 2. The molecule has 0 bridgehead atoms. The summed E-state index contributed by atoms with van der Waals surface area (Å²) in [5.41, 5.74) is -1.58. The SMILES string of the molecule is CCC(=O)O[C@]1(C(=O)CO)CC[C@H]2[C@@H]3CCC4=CC(=O)CC[C@]4(C)[C@H]3[C@@H](OC(=O)C(C)O)C[C@@]21C. The van der Waals surface area contributed by atoms with E-state index in [0.29, 0.717) is 25.7 Å². The lowest BCUT2D eigenvalue weighted by Crippen LogP contribution is -2.63. The minimum atomic E-state index is -1.49. The number of Topliss-reactive ketones (excluding diaryl/α,β-unsaturated/α-hetero) is 1. The van der Waals surface area contributed by atoms with Crippen molar-refractivity contribution in [2.75, 3.05) is 6.61 Å². The van der Waals surface area contributed by atoms with Crippen molar-refractivity contribution in [1.82, 2.24) is 0 Å². The van der Waals surface area contributed by atoms with Crippen molar-refractivity contribution in [3.63, 3.8) is 0 Å². The lowest BCUT2D eigenvalue weighted by Gasteiger charge is -2.61. The van der Waals surface area contributed by atoms with Gasteiger partial charge in [0.15, 0.2) is 11.4 Å². The molecule has 0 spiro atoms. The molecule has 35 heavy (non-hydrogen) atoms. The zero-order valence-corrected chi connectivity index (χ0v) is 21.2. The molecule has 3 saturated carbocycles. The van der Waals surface area contributed by atoms with E-state index in [9.17, 15) is 29.4 Å². The standard InChI is InChI=1S/C27H38O8/c1-5-22(32)35-27(21(31)14-28)11-9-19-18-7-6-16-12-17(30)8-10-25(16,3)23(18)20(13-26(19,27)4)34-24(33)15(2)29/h12,15,18-20,23,28-29H,5-11,13-14H2,1-4H3/t15?,18-,19-,20-,23+,25-,26-,27-/m0/s1. The van der Waals surface area contributed by atoms with Crippen LogP contribution in [0.15, 0.2) is 11.6 Å². The Morgan fingerprint density at radius 1 is 1.17 bits per heavy atom. The topological polar surface area (TPSA) is 127 Å². The Morgan fingerprint density at radius 3 is 2.51 bits per heavy atom. The molecular weight excluding hydrogens is 452 g/mol. The smallest absolute Gasteiger partial charge is 0.334 e. The highest BCUT2D eigenvalue weighted by Gasteiger charge is 2.71. The van der Waals surface area contributed by atoms with Crippen molar-refractivity contribution in [2.45, 2.75) is 96.9 Å². The maximum Gasteiger partial charge on any atom is 0.334 e. The lowest BCUT2D eigenvalue weighted by molar-refractivity contribution is -0.211. The first kappa shape index (κ1) is 26.0. The van der Waals surface area contributed by atoms with Crippen LogP contribution in [0.2, 0.25) is 0 Å². The van der Waals surface area contributed by atoms with Gasteiger partial charge in [0.25, 0.3) is 0 Å². The molecule has 194 valence electrons. The van der Waals surface area contributed by atoms with Gasteiger partial charge in [0.1, 0.15) is 18.8 Å². The van der Waals surface area contributed by atoms with E-state index in [1.807, 2.05) is 6.92 Å². The predicted molar refractivity (Wildman–Crippen MR) is 125 cm³/mol. The van der Waals surface area contributed by atoms with Crippen molar-refractivity contribution < 1.29 is 38.9 Å². The van der Waals surface area contributed by atoms with E-state index in [1.54, 1.807) is 13.0 Å². The molecule has 0 aromatic rings. The van der Waals surface area contributed by atoms with Crippen LogP contribution in [0, 0.1) is 28.6 Å². The molecule has 8 atom stereocenters. The van der Waals surface area contributed by atoms with E-state index < -0.39 is 47.6 Å². The van der Waals surface area contributed by atoms with Crippen molar-refractivity contribution in [2.24, 2.45) is 28.6 Å². The van der Waals surface area contributed by atoms with Crippen molar-refractivity contribution in [1.29, 1.82) is 0 Å². The number of hydrogen-bond acceptors (Lipinski definition) is 8. The molecule has 0 aromatic heterocycles.